The highest BCUT2D eigenvalue weighted by Gasteiger charge is 1.97. The average Bonchev–Trinajstić information content (AvgIpc) is 1.96. The van der Waals surface area contributed by atoms with Crippen LogP contribution in [-0.2, 0) is 0 Å². The third kappa shape index (κ3) is 2.75. The highest BCUT2D eigenvalue weighted by Crippen LogP contribution is 2.13. The molecular formula is C11H16. The summed E-state index contributed by atoms with van der Waals surface area (Å²) < 4.78 is 0. The Kier molecular flexibility index (Phi) is 3.15. The minimum atomic E-state index is 0.653. The van der Waals surface area contributed by atoms with E-state index in [1.807, 2.05) is 0 Å². The summed E-state index contributed by atoms with van der Waals surface area (Å²) in [6.45, 7) is 4.39. The lowest BCUT2D eigenvalue weighted by Crippen LogP contribution is -1.91. The molecule has 0 fully saturated rings. The Hall–Kier alpha value is -0.780. The molecule has 1 unspecified atom stereocenters. The number of hydrogen-bond acceptors (Lipinski definition) is 0. The topological polar surface area (TPSA) is 0 Å². The molecule has 0 amide bonds. The monoisotopic (exact) mass is 148 g/mol. The van der Waals surface area contributed by atoms with E-state index in [0.717, 1.165) is 6.42 Å². The van der Waals surface area contributed by atoms with Crippen LogP contribution in [0.3, 0.4) is 0 Å². The Morgan fingerprint density at radius 2 is 2.27 bits per heavy atom. The maximum Gasteiger partial charge on any atom is -0.00503 e. The molecule has 0 aromatic heterocycles. The molecule has 0 saturated heterocycles. The van der Waals surface area contributed by atoms with Gasteiger partial charge in [0.15, 0.2) is 0 Å². The minimum absolute atomic E-state index is 0.653. The lowest BCUT2D eigenvalue weighted by atomic mass is 10.0. The Balaban J connectivity index is 2.73. The smallest absolute Gasteiger partial charge is 0.00503 e. The summed E-state index contributed by atoms with van der Waals surface area (Å²) in [7, 11) is 0. The molecule has 0 saturated carbocycles. The van der Waals surface area contributed by atoms with Gasteiger partial charge < -0.3 is 0 Å². The Morgan fingerprint density at radius 3 is 3.00 bits per heavy atom. The fraction of sp³-hybridized carbons (Fsp3) is 0.455. The number of allylic oxidation sites excluding steroid dienone is 6. The summed E-state index contributed by atoms with van der Waals surface area (Å²) in [4.78, 5) is 0. The summed E-state index contributed by atoms with van der Waals surface area (Å²) in [6, 6.07) is 0. The van der Waals surface area contributed by atoms with E-state index in [1.165, 1.54) is 12.0 Å². The first-order valence-electron chi connectivity index (χ1n) is 4.34. The van der Waals surface area contributed by atoms with Gasteiger partial charge in [-0.05, 0) is 25.7 Å². The van der Waals surface area contributed by atoms with E-state index in [2.05, 4.69) is 44.2 Å². The van der Waals surface area contributed by atoms with E-state index in [-0.39, 0.29) is 0 Å². The predicted molar refractivity (Wildman–Crippen MR) is 50.4 cm³/mol. The SMILES string of the molecule is CCC1C=CCC=CC(C)=C1. The number of hydrogen-bond donors (Lipinski definition) is 0. The maximum atomic E-state index is 2.33. The Bertz CT molecular complexity index is 194. The minimum Gasteiger partial charge on any atom is -0.0841 e. The molecule has 0 N–H and O–H groups in total. The molecule has 0 nitrogen and oxygen atoms in total. The molecule has 0 heteroatoms. The molecule has 0 radical (unpaired) electrons. The molecule has 0 heterocycles. The van der Waals surface area contributed by atoms with Gasteiger partial charge in [0.25, 0.3) is 0 Å². The van der Waals surface area contributed by atoms with Gasteiger partial charge in [-0.3, -0.25) is 0 Å². The second-order valence-electron chi connectivity index (χ2n) is 3.05. The molecule has 1 aliphatic rings. The average molecular weight is 148 g/mol. The molecule has 60 valence electrons. The van der Waals surface area contributed by atoms with Crippen molar-refractivity contribution >= 4 is 0 Å². The molecule has 1 rings (SSSR count). The third-order valence-corrected chi connectivity index (χ3v) is 1.98. The quantitative estimate of drug-likeness (QED) is 0.499. The second-order valence-corrected chi connectivity index (χ2v) is 3.05. The van der Waals surface area contributed by atoms with Crippen LogP contribution in [0.4, 0.5) is 0 Å². The van der Waals surface area contributed by atoms with Gasteiger partial charge in [0.2, 0.25) is 0 Å². The first kappa shape index (κ1) is 8.32. The third-order valence-electron chi connectivity index (χ3n) is 1.98. The van der Waals surface area contributed by atoms with Crippen LogP contribution in [0.5, 0.6) is 0 Å². The van der Waals surface area contributed by atoms with Gasteiger partial charge in [0.05, 0.1) is 0 Å². The molecule has 1 aliphatic carbocycles. The summed E-state index contributed by atoms with van der Waals surface area (Å²) in [5.41, 5.74) is 1.39. The van der Waals surface area contributed by atoms with Crippen LogP contribution in [-0.4, -0.2) is 0 Å². The summed E-state index contributed by atoms with van der Waals surface area (Å²) >= 11 is 0. The van der Waals surface area contributed by atoms with E-state index < -0.39 is 0 Å². The Labute approximate surface area is 69.3 Å². The van der Waals surface area contributed by atoms with E-state index in [0.29, 0.717) is 5.92 Å². The molecule has 1 atom stereocenters. The zero-order chi connectivity index (χ0) is 8.10. The van der Waals surface area contributed by atoms with Crippen LogP contribution >= 0.6 is 0 Å². The van der Waals surface area contributed by atoms with Crippen molar-refractivity contribution in [1.82, 2.24) is 0 Å². The van der Waals surface area contributed by atoms with Crippen LogP contribution in [0, 0.1) is 5.92 Å². The molecule has 0 aromatic carbocycles. The zero-order valence-corrected chi connectivity index (χ0v) is 7.38. The normalized spacial score (nSPS) is 24.2. The highest BCUT2D eigenvalue weighted by molar-refractivity contribution is 5.21. The van der Waals surface area contributed by atoms with Crippen LogP contribution in [0.2, 0.25) is 0 Å². The summed E-state index contributed by atoms with van der Waals surface area (Å²) in [5.74, 6) is 0.653. The maximum absolute atomic E-state index is 2.33. The van der Waals surface area contributed by atoms with Crippen LogP contribution in [0.1, 0.15) is 26.7 Å². The lowest BCUT2D eigenvalue weighted by Gasteiger charge is -2.06. The first-order chi connectivity index (χ1) is 5.33. The predicted octanol–water partition coefficient (Wildman–Crippen LogP) is 3.48. The largest absolute Gasteiger partial charge is 0.0841 e. The van der Waals surface area contributed by atoms with Crippen molar-refractivity contribution in [1.29, 1.82) is 0 Å². The van der Waals surface area contributed by atoms with Gasteiger partial charge in [-0.2, -0.15) is 0 Å². The molecule has 0 aliphatic heterocycles. The molecule has 0 aromatic rings. The van der Waals surface area contributed by atoms with Crippen molar-refractivity contribution in [2.24, 2.45) is 5.92 Å². The fourth-order valence-corrected chi connectivity index (χ4v) is 1.29. The van der Waals surface area contributed by atoms with E-state index in [1.54, 1.807) is 0 Å². The van der Waals surface area contributed by atoms with Crippen molar-refractivity contribution in [3.8, 4) is 0 Å². The van der Waals surface area contributed by atoms with Crippen molar-refractivity contribution < 1.29 is 0 Å². The first-order valence-corrected chi connectivity index (χ1v) is 4.34. The van der Waals surface area contributed by atoms with E-state index in [9.17, 15) is 0 Å². The van der Waals surface area contributed by atoms with E-state index >= 15 is 0 Å². The van der Waals surface area contributed by atoms with Gasteiger partial charge in [-0.15, -0.1) is 0 Å². The van der Waals surface area contributed by atoms with Crippen molar-refractivity contribution in [2.75, 3.05) is 0 Å². The molecular weight excluding hydrogens is 132 g/mol. The molecule has 0 bridgehead atoms. The fourth-order valence-electron chi connectivity index (χ4n) is 1.29. The van der Waals surface area contributed by atoms with Gasteiger partial charge in [0, 0.05) is 0 Å². The van der Waals surface area contributed by atoms with Crippen molar-refractivity contribution in [3.63, 3.8) is 0 Å². The number of rotatable bonds is 1. The summed E-state index contributed by atoms with van der Waals surface area (Å²) in [6.07, 6.45) is 13.6. The van der Waals surface area contributed by atoms with E-state index in [4.69, 9.17) is 0 Å². The van der Waals surface area contributed by atoms with Crippen molar-refractivity contribution in [3.05, 3.63) is 36.0 Å². The second kappa shape index (κ2) is 4.17. The highest BCUT2D eigenvalue weighted by atomic mass is 14.0. The van der Waals surface area contributed by atoms with Crippen LogP contribution in [0.15, 0.2) is 36.0 Å². The van der Waals surface area contributed by atoms with Crippen molar-refractivity contribution in [2.45, 2.75) is 26.7 Å². The molecule has 11 heavy (non-hydrogen) atoms. The Morgan fingerprint density at radius 1 is 1.45 bits per heavy atom. The van der Waals surface area contributed by atoms with Crippen LogP contribution in [0.25, 0.3) is 0 Å². The standard InChI is InChI=1S/C11H16/c1-3-11-8-6-4-5-7-10(2)9-11/h5-9,11H,3-4H2,1-2H3. The zero-order valence-electron chi connectivity index (χ0n) is 7.38. The summed E-state index contributed by atoms with van der Waals surface area (Å²) in [5, 5.41) is 0. The van der Waals surface area contributed by atoms with Gasteiger partial charge in [-0.25, -0.2) is 0 Å². The lowest BCUT2D eigenvalue weighted by molar-refractivity contribution is 0.765. The van der Waals surface area contributed by atoms with Crippen LogP contribution < -0.4 is 0 Å². The molecule has 0 spiro atoms. The van der Waals surface area contributed by atoms with Gasteiger partial charge in [-0.1, -0.05) is 42.9 Å². The van der Waals surface area contributed by atoms with Gasteiger partial charge >= 0.3 is 0 Å². The van der Waals surface area contributed by atoms with Gasteiger partial charge in [0.1, 0.15) is 0 Å².